The highest BCUT2D eigenvalue weighted by Crippen LogP contribution is 2.19. The van der Waals surface area contributed by atoms with Crippen LogP contribution >= 0.6 is 0 Å². The lowest BCUT2D eigenvalue weighted by atomic mass is 10.00. The number of ether oxygens (including phenoxy) is 1. The van der Waals surface area contributed by atoms with Gasteiger partial charge >= 0.3 is 0 Å². The minimum absolute atomic E-state index is 0.177. The number of fused-ring (bicyclic) bond motifs is 1. The van der Waals surface area contributed by atoms with Crippen LogP contribution in [0.25, 0.3) is 0 Å². The average molecular weight is 410 g/mol. The molecule has 2 atom stereocenters. The van der Waals surface area contributed by atoms with E-state index in [1.165, 1.54) is 11.1 Å². The molecule has 2 aliphatic rings. The van der Waals surface area contributed by atoms with Gasteiger partial charge in [-0.3, -0.25) is 9.69 Å². The summed E-state index contributed by atoms with van der Waals surface area (Å²) in [6, 6.07) is 15.7. The fraction of sp³-hybridized carbons (Fsp3) is 0.458. The van der Waals surface area contributed by atoms with Gasteiger partial charge in [0.1, 0.15) is 11.9 Å². The van der Waals surface area contributed by atoms with Crippen molar-refractivity contribution in [3.05, 3.63) is 65.2 Å². The molecule has 30 heavy (non-hydrogen) atoms. The average Bonchev–Trinajstić information content (AvgIpc) is 2.78. The number of nitrogens with one attached hydrogen (secondary N) is 2. The van der Waals surface area contributed by atoms with E-state index in [2.05, 4.69) is 39.8 Å². The highest BCUT2D eigenvalue weighted by Gasteiger charge is 2.19. The van der Waals surface area contributed by atoms with Crippen LogP contribution in [0, 0.1) is 0 Å². The number of β-amino-alcohol motifs (C(OH)–C–C–N with tert-alkyl or cyclic N) is 1. The van der Waals surface area contributed by atoms with Crippen LogP contribution < -0.4 is 15.4 Å². The van der Waals surface area contributed by atoms with E-state index >= 15 is 0 Å². The maximum Gasteiger partial charge on any atom is 0.251 e. The van der Waals surface area contributed by atoms with E-state index in [0.717, 1.165) is 51.2 Å². The molecule has 0 aromatic heterocycles. The van der Waals surface area contributed by atoms with Crippen LogP contribution in [0.3, 0.4) is 0 Å². The zero-order chi connectivity index (χ0) is 20.8. The lowest BCUT2D eigenvalue weighted by Crippen LogP contribution is -2.42. The minimum Gasteiger partial charge on any atom is -0.489 e. The first-order valence-corrected chi connectivity index (χ1v) is 10.9. The second-order valence-electron chi connectivity index (χ2n) is 8.23. The Kier molecular flexibility index (Phi) is 7.00. The van der Waals surface area contributed by atoms with Crippen LogP contribution in [0.4, 0.5) is 0 Å². The molecule has 2 aromatic rings. The number of nitrogens with zero attached hydrogens (tertiary/aromatic N) is 1. The number of benzene rings is 2. The summed E-state index contributed by atoms with van der Waals surface area (Å²) in [6.45, 7) is 4.48. The van der Waals surface area contributed by atoms with Gasteiger partial charge < -0.3 is 20.5 Å². The molecular weight excluding hydrogens is 378 g/mol. The van der Waals surface area contributed by atoms with Gasteiger partial charge in [0.25, 0.3) is 5.91 Å². The first kappa shape index (κ1) is 20.8. The molecular formula is C24H31N3O3. The Morgan fingerprint density at radius 1 is 1.20 bits per heavy atom. The van der Waals surface area contributed by atoms with Crippen molar-refractivity contribution < 1.29 is 14.6 Å². The summed E-state index contributed by atoms with van der Waals surface area (Å²) in [5, 5.41) is 16.6. The number of carbonyl (C=O) groups excluding carboxylic acids is 1. The molecule has 0 radical (unpaired) electrons. The summed E-state index contributed by atoms with van der Waals surface area (Å²) in [6.07, 6.45) is 2.77. The van der Waals surface area contributed by atoms with Gasteiger partial charge in [0.05, 0.1) is 6.10 Å². The summed E-state index contributed by atoms with van der Waals surface area (Å²) in [5.41, 5.74) is 3.29. The third-order valence-corrected chi connectivity index (χ3v) is 5.85. The van der Waals surface area contributed by atoms with Crippen molar-refractivity contribution in [3.8, 4) is 5.75 Å². The Morgan fingerprint density at radius 3 is 2.77 bits per heavy atom. The van der Waals surface area contributed by atoms with Gasteiger partial charge in [0, 0.05) is 38.3 Å². The smallest absolute Gasteiger partial charge is 0.251 e. The van der Waals surface area contributed by atoms with Gasteiger partial charge in [0.15, 0.2) is 0 Å². The van der Waals surface area contributed by atoms with E-state index in [0.29, 0.717) is 12.1 Å². The summed E-state index contributed by atoms with van der Waals surface area (Å²) in [4.78, 5) is 14.7. The third kappa shape index (κ3) is 5.59. The Balaban J connectivity index is 1.21. The first-order valence-electron chi connectivity index (χ1n) is 10.9. The molecule has 3 N–H and O–H groups in total. The summed E-state index contributed by atoms with van der Waals surface area (Å²) in [7, 11) is 0. The molecule has 1 saturated heterocycles. The van der Waals surface area contributed by atoms with Crippen molar-refractivity contribution in [2.45, 2.75) is 38.0 Å². The highest BCUT2D eigenvalue weighted by atomic mass is 16.5. The van der Waals surface area contributed by atoms with Crippen LogP contribution in [-0.4, -0.2) is 60.8 Å². The van der Waals surface area contributed by atoms with Crippen molar-refractivity contribution >= 4 is 5.91 Å². The molecule has 0 aliphatic carbocycles. The van der Waals surface area contributed by atoms with E-state index in [4.69, 9.17) is 4.74 Å². The van der Waals surface area contributed by atoms with Gasteiger partial charge in [-0.05, 0) is 61.2 Å². The van der Waals surface area contributed by atoms with Gasteiger partial charge in [-0.25, -0.2) is 0 Å². The monoisotopic (exact) mass is 409 g/mol. The summed E-state index contributed by atoms with van der Waals surface area (Å²) < 4.78 is 5.96. The molecule has 6 heteroatoms. The Morgan fingerprint density at radius 2 is 2.00 bits per heavy atom. The fourth-order valence-electron chi connectivity index (χ4n) is 4.18. The number of hydrogen-bond acceptors (Lipinski definition) is 5. The number of aliphatic hydroxyl groups excluding tert-OH is 1. The molecule has 1 amide bonds. The van der Waals surface area contributed by atoms with Crippen LogP contribution in [-0.2, 0) is 13.0 Å². The molecule has 1 unspecified atom stereocenters. The third-order valence-electron chi connectivity index (χ3n) is 5.85. The molecule has 0 spiro atoms. The second-order valence-corrected chi connectivity index (χ2v) is 8.23. The fourth-order valence-corrected chi connectivity index (χ4v) is 4.18. The van der Waals surface area contributed by atoms with Crippen molar-refractivity contribution in [2.75, 3.05) is 32.7 Å². The molecule has 4 rings (SSSR count). The first-order chi connectivity index (χ1) is 14.7. The zero-order valence-corrected chi connectivity index (χ0v) is 17.3. The van der Waals surface area contributed by atoms with Crippen molar-refractivity contribution in [3.63, 3.8) is 0 Å². The normalized spacial score (nSPS) is 20.2. The predicted octanol–water partition coefficient (Wildman–Crippen LogP) is 1.97. The van der Waals surface area contributed by atoms with E-state index in [1.807, 2.05) is 12.1 Å². The van der Waals surface area contributed by atoms with E-state index in [9.17, 15) is 9.90 Å². The van der Waals surface area contributed by atoms with Crippen molar-refractivity contribution in [1.82, 2.24) is 15.5 Å². The largest absolute Gasteiger partial charge is 0.489 e. The quantitative estimate of drug-likeness (QED) is 0.652. The molecule has 6 nitrogen and oxygen atoms in total. The summed E-state index contributed by atoms with van der Waals surface area (Å²) in [5.74, 6) is 0.606. The zero-order valence-electron chi connectivity index (χ0n) is 17.3. The van der Waals surface area contributed by atoms with E-state index in [1.54, 1.807) is 12.1 Å². The Labute approximate surface area is 178 Å². The highest BCUT2D eigenvalue weighted by molar-refractivity contribution is 5.94. The Hall–Kier alpha value is -2.41. The van der Waals surface area contributed by atoms with Gasteiger partial charge in [0.2, 0.25) is 0 Å². The lowest BCUT2D eigenvalue weighted by Gasteiger charge is -2.30. The van der Waals surface area contributed by atoms with E-state index < -0.39 is 6.10 Å². The molecule has 0 bridgehead atoms. The molecule has 1 fully saturated rings. The van der Waals surface area contributed by atoms with Gasteiger partial charge in [-0.2, -0.15) is 0 Å². The SMILES string of the molecule is O=C(NC[C@H](O)CN1CCc2ccccc2C1)c1ccc(OC2CCCNC2)cc1. The van der Waals surface area contributed by atoms with Crippen LogP contribution in [0.1, 0.15) is 34.3 Å². The maximum atomic E-state index is 12.4. The molecule has 160 valence electrons. The number of hydrogen-bond donors (Lipinski definition) is 3. The predicted molar refractivity (Wildman–Crippen MR) is 117 cm³/mol. The van der Waals surface area contributed by atoms with Crippen molar-refractivity contribution in [2.24, 2.45) is 0 Å². The number of piperidine rings is 1. The van der Waals surface area contributed by atoms with Crippen LogP contribution in [0.15, 0.2) is 48.5 Å². The molecule has 0 saturated carbocycles. The number of rotatable bonds is 7. The van der Waals surface area contributed by atoms with Crippen molar-refractivity contribution in [1.29, 1.82) is 0 Å². The number of amides is 1. The van der Waals surface area contributed by atoms with Crippen LogP contribution in [0.2, 0.25) is 0 Å². The standard InChI is InChI=1S/C24H31N3O3/c28-21(17-27-13-11-18-4-1-2-5-20(18)16-27)14-26-24(29)19-7-9-22(10-8-19)30-23-6-3-12-25-15-23/h1-2,4-5,7-10,21,23,25,28H,3,6,11-17H2,(H,26,29)/t21-,23?/m0/s1. The van der Waals surface area contributed by atoms with Gasteiger partial charge in [-0.15, -0.1) is 0 Å². The molecule has 2 heterocycles. The molecule has 2 aromatic carbocycles. The summed E-state index contributed by atoms with van der Waals surface area (Å²) >= 11 is 0. The minimum atomic E-state index is -0.597. The number of carbonyl (C=O) groups is 1. The maximum absolute atomic E-state index is 12.4. The Bertz CT molecular complexity index is 834. The van der Waals surface area contributed by atoms with Gasteiger partial charge in [-0.1, -0.05) is 24.3 Å². The lowest BCUT2D eigenvalue weighted by molar-refractivity contribution is 0.0841. The topological polar surface area (TPSA) is 73.8 Å². The van der Waals surface area contributed by atoms with Crippen LogP contribution in [0.5, 0.6) is 5.75 Å². The number of aliphatic hydroxyl groups is 1. The second kappa shape index (κ2) is 10.1. The van der Waals surface area contributed by atoms with E-state index in [-0.39, 0.29) is 18.6 Å². The molecule has 2 aliphatic heterocycles.